The normalized spacial score (nSPS) is 12.6. The van der Waals surface area contributed by atoms with Gasteiger partial charge in [0.15, 0.2) is 6.10 Å². The maximum Gasteiger partial charge on any atom is 0.310 e. The van der Waals surface area contributed by atoms with Crippen LogP contribution in [0.3, 0.4) is 0 Å². The first-order valence-corrected chi connectivity index (χ1v) is 6.53. The third-order valence-electron chi connectivity index (χ3n) is 2.76. The number of rotatable bonds is 6. The number of carboxylic acids is 1. The van der Waals surface area contributed by atoms with Crippen LogP contribution in [0.5, 0.6) is 5.75 Å². The summed E-state index contributed by atoms with van der Waals surface area (Å²) in [7, 11) is 0. The lowest BCUT2D eigenvalue weighted by Gasteiger charge is -2.21. The Balaban J connectivity index is 2.54. The quantitative estimate of drug-likeness (QED) is 0.845. The third kappa shape index (κ3) is 4.74. The Hall–Kier alpha value is -1.75. The molecular formula is C14H18ClNO4. The summed E-state index contributed by atoms with van der Waals surface area (Å²) < 4.78 is 5.44. The van der Waals surface area contributed by atoms with Gasteiger partial charge in [0, 0.05) is 11.6 Å². The summed E-state index contributed by atoms with van der Waals surface area (Å²) in [5.41, 5.74) is -1.02. The Morgan fingerprint density at radius 3 is 2.65 bits per heavy atom. The van der Waals surface area contributed by atoms with Crippen molar-refractivity contribution in [2.75, 3.05) is 6.54 Å². The summed E-state index contributed by atoms with van der Waals surface area (Å²) in [5, 5.41) is 12.0. The van der Waals surface area contributed by atoms with Gasteiger partial charge >= 0.3 is 5.97 Å². The van der Waals surface area contributed by atoms with Crippen molar-refractivity contribution < 1.29 is 19.4 Å². The molecule has 0 aliphatic carbocycles. The van der Waals surface area contributed by atoms with E-state index in [9.17, 15) is 9.59 Å². The fraction of sp³-hybridized carbons (Fsp3) is 0.429. The summed E-state index contributed by atoms with van der Waals surface area (Å²) in [5.74, 6) is -0.863. The fourth-order valence-electron chi connectivity index (χ4n) is 1.33. The van der Waals surface area contributed by atoms with Crippen LogP contribution in [0.15, 0.2) is 24.3 Å². The molecule has 110 valence electrons. The Morgan fingerprint density at radius 1 is 1.45 bits per heavy atom. The summed E-state index contributed by atoms with van der Waals surface area (Å²) in [4.78, 5) is 22.8. The molecule has 0 heterocycles. The average molecular weight is 300 g/mol. The van der Waals surface area contributed by atoms with Gasteiger partial charge in [-0.25, -0.2) is 0 Å². The van der Waals surface area contributed by atoms with Crippen LogP contribution in [0.25, 0.3) is 0 Å². The highest BCUT2D eigenvalue weighted by Gasteiger charge is 2.28. The Kier molecular flexibility index (Phi) is 5.39. The number of hydrogen-bond donors (Lipinski definition) is 2. The number of carbonyl (C=O) groups is 2. The van der Waals surface area contributed by atoms with Crippen molar-refractivity contribution in [2.24, 2.45) is 5.41 Å². The minimum absolute atomic E-state index is 0.0322. The molecule has 5 nitrogen and oxygen atoms in total. The van der Waals surface area contributed by atoms with Gasteiger partial charge in [-0.05, 0) is 39.0 Å². The largest absolute Gasteiger partial charge is 0.481 e. The van der Waals surface area contributed by atoms with Crippen LogP contribution in [0.1, 0.15) is 20.8 Å². The van der Waals surface area contributed by atoms with Crippen LogP contribution in [-0.4, -0.2) is 29.6 Å². The van der Waals surface area contributed by atoms with E-state index in [1.807, 2.05) is 0 Å². The van der Waals surface area contributed by atoms with E-state index in [1.54, 1.807) is 31.2 Å². The number of amides is 1. The van der Waals surface area contributed by atoms with Crippen molar-refractivity contribution in [2.45, 2.75) is 26.9 Å². The first-order valence-electron chi connectivity index (χ1n) is 6.16. The van der Waals surface area contributed by atoms with Crippen molar-refractivity contribution in [1.29, 1.82) is 0 Å². The monoisotopic (exact) mass is 299 g/mol. The molecule has 1 atom stereocenters. The molecule has 6 heteroatoms. The molecule has 1 rings (SSSR count). The first kappa shape index (κ1) is 16.3. The lowest BCUT2D eigenvalue weighted by molar-refractivity contribution is -0.147. The number of halogens is 1. The molecule has 1 aromatic rings. The van der Waals surface area contributed by atoms with E-state index >= 15 is 0 Å². The van der Waals surface area contributed by atoms with Crippen molar-refractivity contribution in [3.8, 4) is 5.75 Å². The molecule has 0 saturated carbocycles. The van der Waals surface area contributed by atoms with Crippen molar-refractivity contribution in [1.82, 2.24) is 5.32 Å². The van der Waals surface area contributed by atoms with Crippen molar-refractivity contribution in [3.05, 3.63) is 29.3 Å². The summed E-state index contributed by atoms with van der Waals surface area (Å²) in [6.07, 6.45) is -0.738. The van der Waals surface area contributed by atoms with Crippen LogP contribution in [0.4, 0.5) is 0 Å². The van der Waals surface area contributed by atoms with Gasteiger partial charge in [0.05, 0.1) is 5.41 Å². The molecule has 0 aliphatic heterocycles. The van der Waals surface area contributed by atoms with Crippen molar-refractivity contribution >= 4 is 23.5 Å². The van der Waals surface area contributed by atoms with Crippen LogP contribution in [-0.2, 0) is 9.59 Å². The van der Waals surface area contributed by atoms with E-state index in [0.29, 0.717) is 10.8 Å². The van der Waals surface area contributed by atoms with Gasteiger partial charge in [0.2, 0.25) is 0 Å². The van der Waals surface area contributed by atoms with Gasteiger partial charge in [-0.15, -0.1) is 0 Å². The number of carboxylic acid groups (broad SMARTS) is 1. The van der Waals surface area contributed by atoms with E-state index in [-0.39, 0.29) is 12.5 Å². The topological polar surface area (TPSA) is 75.6 Å². The van der Waals surface area contributed by atoms with Gasteiger partial charge in [-0.1, -0.05) is 17.7 Å². The predicted molar refractivity (Wildman–Crippen MR) is 76.0 cm³/mol. The van der Waals surface area contributed by atoms with Gasteiger partial charge < -0.3 is 15.2 Å². The Bertz CT molecular complexity index is 502. The fourth-order valence-corrected chi connectivity index (χ4v) is 1.51. The molecule has 1 amide bonds. The molecule has 0 saturated heterocycles. The second-order valence-electron chi connectivity index (χ2n) is 5.12. The second-order valence-corrected chi connectivity index (χ2v) is 5.56. The Morgan fingerprint density at radius 2 is 2.10 bits per heavy atom. The average Bonchev–Trinajstić information content (AvgIpc) is 2.35. The van der Waals surface area contributed by atoms with E-state index < -0.39 is 17.5 Å². The lowest BCUT2D eigenvalue weighted by Crippen LogP contribution is -2.43. The van der Waals surface area contributed by atoms with Crippen molar-refractivity contribution in [3.63, 3.8) is 0 Å². The lowest BCUT2D eigenvalue weighted by atomic mass is 9.94. The zero-order chi connectivity index (χ0) is 15.3. The molecule has 0 fully saturated rings. The van der Waals surface area contributed by atoms with Gasteiger partial charge in [-0.3, -0.25) is 9.59 Å². The van der Waals surface area contributed by atoms with Crippen LogP contribution < -0.4 is 10.1 Å². The molecule has 1 unspecified atom stereocenters. The first-order chi connectivity index (χ1) is 9.22. The summed E-state index contributed by atoms with van der Waals surface area (Å²) in [6.45, 7) is 4.70. The number of ether oxygens (including phenoxy) is 1. The number of hydrogen-bond acceptors (Lipinski definition) is 3. The second kappa shape index (κ2) is 6.61. The maximum absolute atomic E-state index is 11.8. The summed E-state index contributed by atoms with van der Waals surface area (Å²) in [6, 6.07) is 6.72. The molecule has 0 spiro atoms. The molecule has 0 aliphatic rings. The number of carbonyl (C=O) groups excluding carboxylic acids is 1. The van der Waals surface area contributed by atoms with E-state index in [4.69, 9.17) is 21.4 Å². The highest BCUT2D eigenvalue weighted by molar-refractivity contribution is 6.30. The van der Waals surface area contributed by atoms with Crippen LogP contribution in [0.2, 0.25) is 5.02 Å². The smallest absolute Gasteiger partial charge is 0.310 e. The molecule has 0 bridgehead atoms. The van der Waals surface area contributed by atoms with Gasteiger partial charge in [-0.2, -0.15) is 0 Å². The standard InChI is InChI=1S/C14H18ClNO4/c1-9(20-11-6-4-5-10(15)7-11)12(17)16-8-14(2,3)13(18)19/h4-7,9H,8H2,1-3H3,(H,16,17)(H,18,19). The molecule has 2 N–H and O–H groups in total. The van der Waals surface area contributed by atoms with Crippen LogP contribution >= 0.6 is 11.6 Å². The number of nitrogens with one attached hydrogen (secondary N) is 1. The SMILES string of the molecule is CC(Oc1cccc(Cl)c1)C(=O)NCC(C)(C)C(=O)O. The molecule has 20 heavy (non-hydrogen) atoms. The molecule has 0 radical (unpaired) electrons. The third-order valence-corrected chi connectivity index (χ3v) is 3.00. The Labute approximate surface area is 122 Å². The predicted octanol–water partition coefficient (Wildman–Crippen LogP) is 2.33. The number of benzene rings is 1. The zero-order valence-electron chi connectivity index (χ0n) is 11.6. The molecular weight excluding hydrogens is 282 g/mol. The minimum Gasteiger partial charge on any atom is -0.481 e. The van der Waals surface area contributed by atoms with Gasteiger partial charge in [0.1, 0.15) is 5.75 Å². The summed E-state index contributed by atoms with van der Waals surface area (Å²) >= 11 is 5.82. The zero-order valence-corrected chi connectivity index (χ0v) is 12.4. The molecule has 1 aromatic carbocycles. The van der Waals surface area contributed by atoms with E-state index in [2.05, 4.69) is 5.32 Å². The number of aliphatic carboxylic acids is 1. The van der Waals surface area contributed by atoms with Crippen LogP contribution in [0, 0.1) is 5.41 Å². The highest BCUT2D eigenvalue weighted by atomic mass is 35.5. The highest BCUT2D eigenvalue weighted by Crippen LogP contribution is 2.18. The van der Waals surface area contributed by atoms with E-state index in [0.717, 1.165) is 0 Å². The van der Waals surface area contributed by atoms with E-state index in [1.165, 1.54) is 13.8 Å². The maximum atomic E-state index is 11.8. The minimum atomic E-state index is -1.02. The van der Waals surface area contributed by atoms with Gasteiger partial charge in [0.25, 0.3) is 5.91 Å². The molecule has 0 aromatic heterocycles.